The summed E-state index contributed by atoms with van der Waals surface area (Å²) in [6.07, 6.45) is -2.89. The zero-order chi connectivity index (χ0) is 11.6. The topological polar surface area (TPSA) is 59.2 Å². The maximum absolute atomic E-state index is 12.3. The number of H-pyrrole nitrogens is 1. The van der Waals surface area contributed by atoms with Crippen molar-refractivity contribution in [1.29, 1.82) is 0 Å². The molecule has 1 N–H and O–H groups in total. The third-order valence-electron chi connectivity index (χ3n) is 1.65. The van der Waals surface area contributed by atoms with E-state index in [1.54, 1.807) is 0 Å². The zero-order valence-electron chi connectivity index (χ0n) is 7.51. The average molecular weight is 282 g/mol. The van der Waals surface area contributed by atoms with Crippen molar-refractivity contribution in [3.05, 3.63) is 32.2 Å². The van der Waals surface area contributed by atoms with Crippen LogP contribution in [0.5, 0.6) is 0 Å². The van der Waals surface area contributed by atoms with E-state index in [1.165, 1.54) is 0 Å². The molecule has 0 radical (unpaired) electrons. The first-order valence-corrected chi connectivity index (χ1v) is 4.56. The largest absolute Gasteiger partial charge is 0.464 e. The highest BCUT2D eigenvalue weighted by atomic mass is 79.9. The van der Waals surface area contributed by atoms with Crippen LogP contribution in [0.3, 0.4) is 0 Å². The molecule has 0 fully saturated rings. The van der Waals surface area contributed by atoms with Gasteiger partial charge in [-0.3, -0.25) is 4.79 Å². The van der Waals surface area contributed by atoms with Gasteiger partial charge in [0, 0.05) is 4.47 Å². The van der Waals surface area contributed by atoms with Gasteiger partial charge in [0.2, 0.25) is 0 Å². The van der Waals surface area contributed by atoms with Gasteiger partial charge in [-0.05, 0) is 22.0 Å². The predicted molar refractivity (Wildman–Crippen MR) is 51.1 cm³/mol. The first-order valence-electron chi connectivity index (χ1n) is 3.76. The average Bonchev–Trinajstić information content (AvgIpc) is 2.19. The Bertz CT molecular complexity index is 444. The van der Waals surface area contributed by atoms with Crippen LogP contribution in [0.1, 0.15) is 22.5 Å². The van der Waals surface area contributed by atoms with Crippen LogP contribution in [-0.4, -0.2) is 18.1 Å². The molecule has 82 valence electrons. The summed E-state index contributed by atoms with van der Waals surface area (Å²) in [5.41, 5.74) is -1.89. The number of halogens is 3. The lowest BCUT2D eigenvalue weighted by Gasteiger charge is -2.04. The minimum Gasteiger partial charge on any atom is -0.464 e. The van der Waals surface area contributed by atoms with E-state index in [2.05, 4.69) is 20.7 Å². The number of ether oxygens (including phenoxy) is 1. The van der Waals surface area contributed by atoms with Gasteiger partial charge in [-0.1, -0.05) is 0 Å². The monoisotopic (exact) mass is 281 g/mol. The normalized spacial score (nSPS) is 10.5. The van der Waals surface area contributed by atoms with Crippen LogP contribution in [0.15, 0.2) is 15.3 Å². The number of pyridine rings is 1. The molecule has 0 saturated heterocycles. The van der Waals surface area contributed by atoms with Crippen molar-refractivity contribution in [2.75, 3.05) is 7.11 Å². The smallest absolute Gasteiger partial charge is 0.355 e. The number of esters is 1. The molecule has 0 aliphatic heterocycles. The second-order valence-electron chi connectivity index (χ2n) is 2.57. The number of hydrogen-bond acceptors (Lipinski definition) is 3. The molecule has 0 amide bonds. The van der Waals surface area contributed by atoms with Crippen molar-refractivity contribution < 1.29 is 18.3 Å². The molecule has 0 atom stereocenters. The summed E-state index contributed by atoms with van der Waals surface area (Å²) in [5.74, 6) is -0.806. The Morgan fingerprint density at radius 1 is 1.60 bits per heavy atom. The molecular formula is C8H6BrF2NO3. The number of rotatable bonds is 2. The summed E-state index contributed by atoms with van der Waals surface area (Å²) >= 11 is 2.89. The molecule has 4 nitrogen and oxygen atoms in total. The lowest BCUT2D eigenvalue weighted by Crippen LogP contribution is -2.18. The SMILES string of the molecule is COC(=O)c1[nH]c(=O)c(C(F)F)cc1Br. The summed E-state index contributed by atoms with van der Waals surface area (Å²) in [6, 6.07) is 0.899. The summed E-state index contributed by atoms with van der Waals surface area (Å²) in [7, 11) is 1.12. The number of alkyl halides is 2. The van der Waals surface area contributed by atoms with Crippen LogP contribution >= 0.6 is 15.9 Å². The Balaban J connectivity index is 3.32. The number of methoxy groups -OCH3 is 1. The van der Waals surface area contributed by atoms with E-state index in [1.807, 2.05) is 4.98 Å². The minimum atomic E-state index is -2.89. The fourth-order valence-electron chi connectivity index (χ4n) is 0.932. The highest BCUT2D eigenvalue weighted by molar-refractivity contribution is 9.10. The Labute approximate surface area is 91.4 Å². The van der Waals surface area contributed by atoms with E-state index in [0.717, 1.165) is 13.2 Å². The summed E-state index contributed by atoms with van der Waals surface area (Å²) in [4.78, 5) is 24.2. The molecule has 0 aromatic carbocycles. The van der Waals surface area contributed by atoms with Gasteiger partial charge < -0.3 is 9.72 Å². The summed E-state index contributed by atoms with van der Waals surface area (Å²) in [6.45, 7) is 0. The highest BCUT2D eigenvalue weighted by Crippen LogP contribution is 2.20. The van der Waals surface area contributed by atoms with Gasteiger partial charge in [0.05, 0.1) is 12.7 Å². The molecule has 1 heterocycles. The van der Waals surface area contributed by atoms with E-state index >= 15 is 0 Å². The third-order valence-corrected chi connectivity index (χ3v) is 2.27. The van der Waals surface area contributed by atoms with Gasteiger partial charge in [0.15, 0.2) is 0 Å². The van der Waals surface area contributed by atoms with Gasteiger partial charge in [0.1, 0.15) is 5.69 Å². The van der Waals surface area contributed by atoms with Crippen molar-refractivity contribution in [3.63, 3.8) is 0 Å². The molecule has 1 aromatic rings. The summed E-state index contributed by atoms with van der Waals surface area (Å²) < 4.78 is 28.9. The fourth-order valence-corrected chi connectivity index (χ4v) is 1.44. The first-order chi connectivity index (χ1) is 6.97. The van der Waals surface area contributed by atoms with Crippen LogP contribution in [-0.2, 0) is 4.74 Å². The Morgan fingerprint density at radius 2 is 2.20 bits per heavy atom. The van der Waals surface area contributed by atoms with E-state index in [4.69, 9.17) is 0 Å². The van der Waals surface area contributed by atoms with Crippen molar-refractivity contribution in [3.8, 4) is 0 Å². The van der Waals surface area contributed by atoms with Crippen molar-refractivity contribution in [1.82, 2.24) is 4.98 Å². The highest BCUT2D eigenvalue weighted by Gasteiger charge is 2.18. The second-order valence-corrected chi connectivity index (χ2v) is 3.42. The Morgan fingerprint density at radius 3 is 2.67 bits per heavy atom. The number of nitrogens with one attached hydrogen (secondary N) is 1. The van der Waals surface area contributed by atoms with Gasteiger partial charge in [-0.25, -0.2) is 13.6 Å². The molecule has 1 aromatic heterocycles. The first kappa shape index (κ1) is 11.8. The molecule has 0 bridgehead atoms. The van der Waals surface area contributed by atoms with E-state index in [0.29, 0.717) is 0 Å². The zero-order valence-corrected chi connectivity index (χ0v) is 9.10. The molecule has 0 unspecified atom stereocenters. The Hall–Kier alpha value is -1.24. The molecule has 1 rings (SSSR count). The van der Waals surface area contributed by atoms with Crippen LogP contribution < -0.4 is 5.56 Å². The second kappa shape index (κ2) is 4.52. The maximum Gasteiger partial charge on any atom is 0.355 e. The standard InChI is InChI=1S/C8H6BrF2NO3/c1-15-8(14)5-4(9)2-3(6(10)11)7(13)12-5/h2,6H,1H3,(H,12,13). The van der Waals surface area contributed by atoms with E-state index in [-0.39, 0.29) is 10.2 Å². The molecule has 0 saturated carbocycles. The van der Waals surface area contributed by atoms with Crippen molar-refractivity contribution in [2.45, 2.75) is 6.43 Å². The lowest BCUT2D eigenvalue weighted by molar-refractivity contribution is 0.0591. The molecule has 7 heteroatoms. The Kier molecular flexibility index (Phi) is 3.57. The van der Waals surface area contributed by atoms with Gasteiger partial charge >= 0.3 is 5.97 Å². The molecular weight excluding hydrogens is 276 g/mol. The molecule has 0 aliphatic rings. The predicted octanol–water partition coefficient (Wildman–Crippen LogP) is 1.86. The lowest BCUT2D eigenvalue weighted by atomic mass is 10.2. The quantitative estimate of drug-likeness (QED) is 0.842. The van der Waals surface area contributed by atoms with Crippen LogP contribution in [0.2, 0.25) is 0 Å². The molecule has 0 aliphatic carbocycles. The van der Waals surface area contributed by atoms with Gasteiger partial charge in [0.25, 0.3) is 12.0 Å². The van der Waals surface area contributed by atoms with E-state index < -0.39 is 23.5 Å². The van der Waals surface area contributed by atoms with Gasteiger partial charge in [-0.15, -0.1) is 0 Å². The fraction of sp³-hybridized carbons (Fsp3) is 0.250. The van der Waals surface area contributed by atoms with E-state index in [9.17, 15) is 18.4 Å². The van der Waals surface area contributed by atoms with Crippen molar-refractivity contribution >= 4 is 21.9 Å². The number of aromatic nitrogens is 1. The van der Waals surface area contributed by atoms with Crippen molar-refractivity contribution in [2.24, 2.45) is 0 Å². The number of carbonyl (C=O) groups is 1. The minimum absolute atomic E-state index is 0.0595. The number of carbonyl (C=O) groups excluding carboxylic acids is 1. The number of hydrogen-bond donors (Lipinski definition) is 1. The van der Waals surface area contributed by atoms with Crippen LogP contribution in [0.25, 0.3) is 0 Å². The van der Waals surface area contributed by atoms with Gasteiger partial charge in [-0.2, -0.15) is 0 Å². The summed E-state index contributed by atoms with van der Waals surface area (Å²) in [5, 5.41) is 0. The number of aromatic amines is 1. The third kappa shape index (κ3) is 2.41. The van der Waals surface area contributed by atoms with Crippen LogP contribution in [0, 0.1) is 0 Å². The van der Waals surface area contributed by atoms with Crippen LogP contribution in [0.4, 0.5) is 8.78 Å². The molecule has 15 heavy (non-hydrogen) atoms. The molecule has 0 spiro atoms. The maximum atomic E-state index is 12.3.